The molecule has 1 aromatic rings. The molecule has 1 aliphatic carbocycles. The van der Waals surface area contributed by atoms with Crippen molar-refractivity contribution < 1.29 is 15.2 Å². The highest BCUT2D eigenvalue weighted by molar-refractivity contribution is 6.11. The molecule has 2 rings (SSSR count). The van der Waals surface area contributed by atoms with Gasteiger partial charge in [0.25, 0.3) is 0 Å². The van der Waals surface area contributed by atoms with Crippen molar-refractivity contribution in [3.8, 4) is 0 Å². The number of aryl methyl sites for hydroxylation is 1. The number of hydrogen-bond donors (Lipinski definition) is 2. The summed E-state index contributed by atoms with van der Waals surface area (Å²) >= 11 is 0. The molecule has 2 N–H and O–H groups in total. The van der Waals surface area contributed by atoms with Crippen LogP contribution < -0.4 is 5.23 Å². The van der Waals surface area contributed by atoms with Gasteiger partial charge in [0.1, 0.15) is 0 Å². The minimum atomic E-state index is -1.01. The number of nitrogens with zero attached hydrogens (tertiary/aromatic N) is 1. The molecule has 0 aliphatic heterocycles. The lowest BCUT2D eigenvalue weighted by molar-refractivity contribution is -0.991. The van der Waals surface area contributed by atoms with Gasteiger partial charge in [-0.1, -0.05) is 6.07 Å². The van der Waals surface area contributed by atoms with Crippen molar-refractivity contribution in [2.75, 3.05) is 14.1 Å². The van der Waals surface area contributed by atoms with Crippen molar-refractivity contribution in [3.05, 3.63) is 46.3 Å². The van der Waals surface area contributed by atoms with Gasteiger partial charge in [-0.2, -0.15) is 5.23 Å². The van der Waals surface area contributed by atoms with Gasteiger partial charge in [-0.25, -0.2) is 5.21 Å². The molecule has 0 fully saturated rings. The maximum atomic E-state index is 12.2. The zero-order valence-corrected chi connectivity index (χ0v) is 10.4. The Bertz CT molecular complexity index is 507. The van der Waals surface area contributed by atoms with Crippen LogP contribution in [0.4, 0.5) is 5.69 Å². The summed E-state index contributed by atoms with van der Waals surface area (Å²) in [4.78, 5) is 14.1. The number of quaternary nitrogens is 1. The number of fused-ring (bicyclic) bond motifs is 1. The van der Waals surface area contributed by atoms with Gasteiger partial charge in [-0.15, -0.1) is 0 Å². The summed E-state index contributed by atoms with van der Waals surface area (Å²) < 4.78 is 0. The molecule has 0 aromatic heterocycles. The molecule has 0 saturated heterocycles. The fourth-order valence-electron chi connectivity index (χ4n) is 2.13. The summed E-state index contributed by atoms with van der Waals surface area (Å²) in [5.41, 5.74) is 2.35. The van der Waals surface area contributed by atoms with Gasteiger partial charge in [0.05, 0.1) is 0 Å². The second-order valence-corrected chi connectivity index (χ2v) is 4.62. The van der Waals surface area contributed by atoms with Crippen molar-refractivity contribution in [2.45, 2.75) is 12.8 Å². The van der Waals surface area contributed by atoms with E-state index in [4.69, 9.17) is 5.21 Å². The second kappa shape index (κ2) is 4.89. The number of ketones is 1. The maximum Gasteiger partial charge on any atom is 0.190 e. The Balaban J connectivity index is 2.41. The minimum Gasteiger partial charge on any atom is -0.595 e. The van der Waals surface area contributed by atoms with Gasteiger partial charge >= 0.3 is 0 Å². The molecule has 0 saturated carbocycles. The van der Waals surface area contributed by atoms with Crippen LogP contribution in [0.1, 0.15) is 22.3 Å². The Morgan fingerprint density at radius 2 is 2.11 bits per heavy atom. The molecule has 5 nitrogen and oxygen atoms in total. The van der Waals surface area contributed by atoms with Crippen LogP contribution in [0.5, 0.6) is 0 Å². The van der Waals surface area contributed by atoms with Crippen LogP contribution in [0.2, 0.25) is 0 Å². The summed E-state index contributed by atoms with van der Waals surface area (Å²) in [5.74, 6) is -0.0620. The van der Waals surface area contributed by atoms with Crippen molar-refractivity contribution in [3.63, 3.8) is 0 Å². The number of carbonyl (C=O) groups excluding carboxylic acids is 1. The van der Waals surface area contributed by atoms with E-state index in [9.17, 15) is 10.0 Å². The predicted octanol–water partition coefficient (Wildman–Crippen LogP) is 0.664. The Morgan fingerprint density at radius 3 is 2.72 bits per heavy atom. The van der Waals surface area contributed by atoms with Gasteiger partial charge in [-0.05, 0) is 18.4 Å². The van der Waals surface area contributed by atoms with Crippen LogP contribution in [-0.4, -0.2) is 30.0 Å². The lowest BCUT2D eigenvalue weighted by Gasteiger charge is -2.20. The molecule has 0 spiro atoms. The summed E-state index contributed by atoms with van der Waals surface area (Å²) in [6.07, 6.45) is 3.29. The van der Waals surface area contributed by atoms with Crippen LogP contribution in [0.25, 0.3) is 0 Å². The number of carbonyl (C=O) groups is 1. The zero-order chi connectivity index (χ0) is 13.3. The monoisotopic (exact) mass is 248 g/mol. The summed E-state index contributed by atoms with van der Waals surface area (Å²) in [7, 11) is 3.73. The van der Waals surface area contributed by atoms with E-state index >= 15 is 0 Å². The molecule has 0 amide bonds. The lowest BCUT2D eigenvalue weighted by atomic mass is 9.87. The Kier molecular flexibility index (Phi) is 3.47. The van der Waals surface area contributed by atoms with Crippen LogP contribution in [0.3, 0.4) is 0 Å². The van der Waals surface area contributed by atoms with E-state index in [0.717, 1.165) is 17.6 Å². The van der Waals surface area contributed by atoms with E-state index in [2.05, 4.69) is 0 Å². The van der Waals surface area contributed by atoms with Crippen molar-refractivity contribution >= 4 is 11.5 Å². The molecule has 1 aliphatic rings. The normalized spacial score (nSPS) is 18.7. The number of hydrogen-bond acceptors (Lipinski definition) is 4. The van der Waals surface area contributed by atoms with Crippen molar-refractivity contribution in [2.24, 2.45) is 0 Å². The average Bonchev–Trinajstić information content (AvgIpc) is 2.32. The van der Waals surface area contributed by atoms with E-state index in [-0.39, 0.29) is 11.5 Å². The standard InChI is InChI=1S/C13H16N2O3/c1-14(2)8-10-4-3-9-5-6-11(15(17)18)7-12(9)13(10)16/h5-8,15,17H,3-4H2,1-2H3/b10-8-. The first-order chi connectivity index (χ1) is 8.49. The number of nitrogens with one attached hydrogen (secondary N) is 1. The number of benzene rings is 1. The summed E-state index contributed by atoms with van der Waals surface area (Å²) in [6.45, 7) is 0. The predicted molar refractivity (Wildman–Crippen MR) is 66.6 cm³/mol. The molecular weight excluding hydrogens is 232 g/mol. The first-order valence-corrected chi connectivity index (χ1v) is 5.77. The SMILES string of the molecule is CN(C)/C=C1/CCc2ccc([NH+]([O-])O)cc2C1=O. The van der Waals surface area contributed by atoms with Gasteiger partial charge in [0, 0.05) is 43.6 Å². The van der Waals surface area contributed by atoms with E-state index < -0.39 is 5.23 Å². The molecular formula is C13H16N2O3. The fourth-order valence-corrected chi connectivity index (χ4v) is 2.13. The molecule has 0 bridgehead atoms. The van der Waals surface area contributed by atoms with Crippen LogP contribution in [0, 0.1) is 5.21 Å². The lowest BCUT2D eigenvalue weighted by Crippen LogP contribution is -2.99. The molecule has 0 heterocycles. The Labute approximate surface area is 105 Å². The molecule has 1 aromatic carbocycles. The number of Topliss-reactive ketones (excluding diaryl/α,β-unsaturated/α-hetero) is 1. The minimum absolute atomic E-state index is 0.0620. The third-order valence-corrected chi connectivity index (χ3v) is 2.97. The van der Waals surface area contributed by atoms with Gasteiger partial charge < -0.3 is 10.1 Å². The zero-order valence-electron chi connectivity index (χ0n) is 10.4. The Morgan fingerprint density at radius 1 is 1.39 bits per heavy atom. The van der Waals surface area contributed by atoms with Crippen LogP contribution in [-0.2, 0) is 6.42 Å². The van der Waals surface area contributed by atoms with Gasteiger partial charge in [0.15, 0.2) is 11.5 Å². The van der Waals surface area contributed by atoms with Crippen LogP contribution in [0.15, 0.2) is 30.0 Å². The highest BCUT2D eigenvalue weighted by atomic mass is 16.8. The van der Waals surface area contributed by atoms with Gasteiger partial charge in [-0.3, -0.25) is 4.79 Å². The largest absolute Gasteiger partial charge is 0.595 e. The average molecular weight is 248 g/mol. The summed E-state index contributed by atoms with van der Waals surface area (Å²) in [6, 6.07) is 4.76. The summed E-state index contributed by atoms with van der Waals surface area (Å²) in [5, 5.41) is 18.9. The molecule has 1 unspecified atom stereocenters. The molecule has 1 atom stereocenters. The van der Waals surface area contributed by atoms with E-state index in [1.165, 1.54) is 6.07 Å². The smallest absolute Gasteiger partial charge is 0.190 e. The molecule has 0 radical (unpaired) electrons. The number of allylic oxidation sites excluding steroid dienone is 1. The maximum absolute atomic E-state index is 12.2. The highest BCUT2D eigenvalue weighted by Crippen LogP contribution is 2.26. The molecule has 5 heteroatoms. The van der Waals surface area contributed by atoms with E-state index in [0.29, 0.717) is 12.0 Å². The quantitative estimate of drug-likeness (QED) is 0.596. The third-order valence-electron chi connectivity index (χ3n) is 2.97. The van der Waals surface area contributed by atoms with E-state index in [1.807, 2.05) is 19.0 Å². The van der Waals surface area contributed by atoms with Crippen molar-refractivity contribution in [1.29, 1.82) is 0 Å². The first kappa shape index (κ1) is 12.8. The molecule has 18 heavy (non-hydrogen) atoms. The van der Waals surface area contributed by atoms with Crippen LogP contribution >= 0.6 is 0 Å². The third kappa shape index (κ3) is 2.43. The van der Waals surface area contributed by atoms with Crippen molar-refractivity contribution in [1.82, 2.24) is 4.90 Å². The highest BCUT2D eigenvalue weighted by Gasteiger charge is 2.23. The fraction of sp³-hybridized carbons (Fsp3) is 0.308. The number of rotatable bonds is 2. The first-order valence-electron chi connectivity index (χ1n) is 5.77. The van der Waals surface area contributed by atoms with E-state index in [1.54, 1.807) is 18.3 Å². The Hall–Kier alpha value is -1.69. The molecule has 96 valence electrons. The van der Waals surface area contributed by atoms with Gasteiger partial charge in [0.2, 0.25) is 0 Å². The second-order valence-electron chi connectivity index (χ2n) is 4.62. The topological polar surface area (TPSA) is 68.0 Å².